The fourth-order valence-corrected chi connectivity index (χ4v) is 4.05. The van der Waals surface area contributed by atoms with E-state index in [0.29, 0.717) is 17.9 Å². The van der Waals surface area contributed by atoms with Crippen LogP contribution in [-0.2, 0) is 4.74 Å². The lowest BCUT2D eigenvalue weighted by Crippen LogP contribution is -2.60. The van der Waals surface area contributed by atoms with Gasteiger partial charge in [0.25, 0.3) is 0 Å². The molecule has 3 fully saturated rings. The summed E-state index contributed by atoms with van der Waals surface area (Å²) < 4.78 is 11.7. The molecule has 4 rings (SSSR count). The summed E-state index contributed by atoms with van der Waals surface area (Å²) in [5, 5.41) is 19.5. The van der Waals surface area contributed by atoms with Crippen molar-refractivity contribution in [2.45, 2.75) is 31.2 Å². The number of nitriles is 1. The van der Waals surface area contributed by atoms with Gasteiger partial charge in [-0.05, 0) is 30.9 Å². The summed E-state index contributed by atoms with van der Waals surface area (Å²) in [4.78, 5) is 4.85. The van der Waals surface area contributed by atoms with Gasteiger partial charge in [0.15, 0.2) is 0 Å². The number of fused-ring (bicyclic) bond motifs is 2. The highest BCUT2D eigenvalue weighted by Gasteiger charge is 2.37. The molecule has 3 atom stereocenters. The fourth-order valence-electron chi connectivity index (χ4n) is 4.05. The first kappa shape index (κ1) is 17.7. The Kier molecular flexibility index (Phi) is 5.41. The molecule has 1 N–H and O–H groups in total. The molecule has 6 heteroatoms. The molecule has 2 saturated heterocycles. The Balaban J connectivity index is 1.24. The minimum Gasteiger partial charge on any atom is -0.489 e. The molecular formula is C20H27N3O3. The first-order valence-electron chi connectivity index (χ1n) is 9.59. The van der Waals surface area contributed by atoms with Crippen molar-refractivity contribution in [3.05, 3.63) is 29.8 Å². The third-order valence-electron chi connectivity index (χ3n) is 5.35. The standard InChI is InChI=1S/C20H27N3O3/c21-7-16-3-1-2-4-20(16)25-14-17(24)9-23-12-18-10-22(8-15-5-6-15)11-19(13-23)26-18/h1-4,15,17-19,24H,5-6,8-14H2. The van der Waals surface area contributed by atoms with Gasteiger partial charge in [-0.1, -0.05) is 12.1 Å². The van der Waals surface area contributed by atoms with Crippen LogP contribution in [0.3, 0.4) is 0 Å². The van der Waals surface area contributed by atoms with Crippen LogP contribution in [-0.4, -0.2) is 79.1 Å². The minimum absolute atomic E-state index is 0.194. The zero-order valence-corrected chi connectivity index (χ0v) is 15.1. The molecule has 3 unspecified atom stereocenters. The van der Waals surface area contributed by atoms with Gasteiger partial charge < -0.3 is 14.6 Å². The van der Waals surface area contributed by atoms with Gasteiger partial charge in [0.2, 0.25) is 0 Å². The Morgan fingerprint density at radius 2 is 1.85 bits per heavy atom. The monoisotopic (exact) mass is 357 g/mol. The number of benzene rings is 1. The van der Waals surface area contributed by atoms with Crippen LogP contribution in [0.2, 0.25) is 0 Å². The van der Waals surface area contributed by atoms with Crippen LogP contribution < -0.4 is 4.74 Å². The maximum atomic E-state index is 10.4. The van der Waals surface area contributed by atoms with E-state index in [1.165, 1.54) is 19.4 Å². The van der Waals surface area contributed by atoms with E-state index in [1.807, 2.05) is 6.07 Å². The number of nitrogens with zero attached hydrogens (tertiary/aromatic N) is 3. The maximum Gasteiger partial charge on any atom is 0.137 e. The number of hydrogen-bond donors (Lipinski definition) is 1. The number of morpholine rings is 2. The van der Waals surface area contributed by atoms with Crippen molar-refractivity contribution in [2.75, 3.05) is 45.9 Å². The van der Waals surface area contributed by atoms with Crippen molar-refractivity contribution < 1.29 is 14.6 Å². The lowest BCUT2D eigenvalue weighted by atomic mass is 10.1. The molecule has 6 nitrogen and oxygen atoms in total. The predicted octanol–water partition coefficient (Wildman–Crippen LogP) is 1.09. The summed E-state index contributed by atoms with van der Waals surface area (Å²) in [6.45, 7) is 5.74. The van der Waals surface area contributed by atoms with Crippen molar-refractivity contribution in [2.24, 2.45) is 5.92 Å². The minimum atomic E-state index is -0.580. The number of hydrogen-bond acceptors (Lipinski definition) is 6. The molecule has 2 heterocycles. The van der Waals surface area contributed by atoms with E-state index in [2.05, 4.69) is 15.9 Å². The first-order chi connectivity index (χ1) is 12.7. The Bertz CT molecular complexity index is 644. The number of para-hydroxylation sites is 1. The number of aliphatic hydroxyl groups is 1. The van der Waals surface area contributed by atoms with Crippen molar-refractivity contribution >= 4 is 0 Å². The molecule has 140 valence electrons. The highest BCUT2D eigenvalue weighted by atomic mass is 16.5. The molecular weight excluding hydrogens is 330 g/mol. The van der Waals surface area contributed by atoms with Gasteiger partial charge in [-0.3, -0.25) is 9.80 Å². The van der Waals surface area contributed by atoms with E-state index in [9.17, 15) is 5.11 Å². The second-order valence-electron chi connectivity index (χ2n) is 7.83. The van der Waals surface area contributed by atoms with E-state index in [4.69, 9.17) is 14.7 Å². The lowest BCUT2D eigenvalue weighted by molar-refractivity contribution is -0.143. The van der Waals surface area contributed by atoms with Crippen LogP contribution in [0.15, 0.2) is 24.3 Å². The van der Waals surface area contributed by atoms with Crippen LogP contribution in [0.5, 0.6) is 5.75 Å². The Labute approximate surface area is 154 Å². The molecule has 0 radical (unpaired) electrons. The van der Waals surface area contributed by atoms with Crippen LogP contribution in [0.1, 0.15) is 18.4 Å². The van der Waals surface area contributed by atoms with E-state index in [1.54, 1.807) is 18.2 Å². The first-order valence-corrected chi connectivity index (χ1v) is 9.59. The molecule has 1 aromatic rings. The van der Waals surface area contributed by atoms with Crippen molar-refractivity contribution in [3.8, 4) is 11.8 Å². The van der Waals surface area contributed by atoms with Crippen molar-refractivity contribution in [1.29, 1.82) is 5.26 Å². The summed E-state index contributed by atoms with van der Waals surface area (Å²) >= 11 is 0. The highest BCUT2D eigenvalue weighted by Crippen LogP contribution is 2.31. The van der Waals surface area contributed by atoms with Crippen LogP contribution in [0.25, 0.3) is 0 Å². The normalized spacial score (nSPS) is 27.7. The Morgan fingerprint density at radius 3 is 2.54 bits per heavy atom. The third kappa shape index (κ3) is 4.54. The lowest BCUT2D eigenvalue weighted by Gasteiger charge is -2.46. The predicted molar refractivity (Wildman–Crippen MR) is 96.9 cm³/mol. The molecule has 1 aliphatic carbocycles. The zero-order chi connectivity index (χ0) is 17.9. The van der Waals surface area contributed by atoms with Gasteiger partial charge in [-0.2, -0.15) is 5.26 Å². The van der Waals surface area contributed by atoms with Gasteiger partial charge in [-0.25, -0.2) is 0 Å². The molecule has 2 aliphatic heterocycles. The molecule has 1 aromatic carbocycles. The number of ether oxygens (including phenoxy) is 2. The number of rotatable bonds is 7. The van der Waals surface area contributed by atoms with Crippen LogP contribution in [0, 0.1) is 17.2 Å². The third-order valence-corrected chi connectivity index (χ3v) is 5.35. The van der Waals surface area contributed by atoms with Gasteiger partial charge >= 0.3 is 0 Å². The van der Waals surface area contributed by atoms with Crippen LogP contribution >= 0.6 is 0 Å². The molecule has 0 amide bonds. The molecule has 3 aliphatic rings. The zero-order valence-electron chi connectivity index (χ0n) is 15.1. The average molecular weight is 357 g/mol. The van der Waals surface area contributed by atoms with Crippen molar-refractivity contribution in [1.82, 2.24) is 9.80 Å². The molecule has 1 saturated carbocycles. The van der Waals surface area contributed by atoms with E-state index in [-0.39, 0.29) is 18.8 Å². The van der Waals surface area contributed by atoms with Gasteiger partial charge in [-0.15, -0.1) is 0 Å². The average Bonchev–Trinajstić information content (AvgIpc) is 3.43. The highest BCUT2D eigenvalue weighted by molar-refractivity contribution is 5.42. The van der Waals surface area contributed by atoms with Gasteiger partial charge in [0.05, 0.1) is 17.8 Å². The summed E-state index contributed by atoms with van der Waals surface area (Å²) in [5.41, 5.74) is 0.497. The number of aliphatic hydroxyl groups excluding tert-OH is 1. The topological polar surface area (TPSA) is 69.0 Å². The second kappa shape index (κ2) is 7.93. The second-order valence-corrected chi connectivity index (χ2v) is 7.83. The van der Waals surface area contributed by atoms with Crippen LogP contribution in [0.4, 0.5) is 0 Å². The van der Waals surface area contributed by atoms with E-state index >= 15 is 0 Å². The van der Waals surface area contributed by atoms with Gasteiger partial charge in [0.1, 0.15) is 24.5 Å². The Hall–Kier alpha value is -1.65. The van der Waals surface area contributed by atoms with Gasteiger partial charge in [0, 0.05) is 39.3 Å². The summed E-state index contributed by atoms with van der Waals surface area (Å²) in [6.07, 6.45) is 2.69. The molecule has 0 aromatic heterocycles. The Morgan fingerprint density at radius 1 is 1.15 bits per heavy atom. The summed E-state index contributed by atoms with van der Waals surface area (Å²) in [7, 11) is 0. The van der Waals surface area contributed by atoms with E-state index in [0.717, 1.165) is 32.1 Å². The van der Waals surface area contributed by atoms with Crippen molar-refractivity contribution in [3.63, 3.8) is 0 Å². The summed E-state index contributed by atoms with van der Waals surface area (Å²) in [6, 6.07) is 9.23. The maximum absolute atomic E-state index is 10.4. The smallest absolute Gasteiger partial charge is 0.137 e. The van der Waals surface area contributed by atoms with E-state index < -0.39 is 6.10 Å². The SMILES string of the molecule is N#Cc1ccccc1OCC(O)CN1CC2CN(CC3CC3)CC(C1)O2. The molecule has 2 bridgehead atoms. The number of β-amino-alcohol motifs (C(OH)–C–C–N with tert-alkyl or cyclic N) is 1. The summed E-state index contributed by atoms with van der Waals surface area (Å²) in [5.74, 6) is 1.45. The fraction of sp³-hybridized carbons (Fsp3) is 0.650. The molecule has 26 heavy (non-hydrogen) atoms. The largest absolute Gasteiger partial charge is 0.489 e. The molecule has 0 spiro atoms. The quantitative estimate of drug-likeness (QED) is 0.788.